The molecule has 0 atom stereocenters. The SMILES string of the molecule is COCC(C)(C)c1cccc(-n2c3nc(Nc4ccc5c(c4)CN(C(=O)OC(C)(C)C)CC5)ncc3c(=O)n2C(C)C)n1. The van der Waals surface area contributed by atoms with E-state index in [1.54, 1.807) is 27.6 Å². The monoisotopic (exact) mass is 587 g/mol. The molecule has 0 saturated heterocycles. The van der Waals surface area contributed by atoms with Crippen LogP contribution in [-0.2, 0) is 27.9 Å². The van der Waals surface area contributed by atoms with Crippen LogP contribution in [0.2, 0.25) is 0 Å². The number of hydrogen-bond acceptors (Lipinski definition) is 8. The lowest BCUT2D eigenvalue weighted by Crippen LogP contribution is -2.39. The molecule has 0 radical (unpaired) electrons. The van der Waals surface area contributed by atoms with Crippen molar-refractivity contribution in [1.82, 2.24) is 29.2 Å². The van der Waals surface area contributed by atoms with Gasteiger partial charge in [0.05, 0.1) is 12.3 Å². The van der Waals surface area contributed by atoms with Crippen LogP contribution in [0, 0.1) is 0 Å². The molecule has 0 saturated carbocycles. The predicted octanol–water partition coefficient (Wildman–Crippen LogP) is 5.52. The lowest BCUT2D eigenvalue weighted by Gasteiger charge is -2.31. The Labute approximate surface area is 251 Å². The Morgan fingerprint density at radius 2 is 1.84 bits per heavy atom. The molecule has 5 rings (SSSR count). The largest absolute Gasteiger partial charge is 0.444 e. The molecule has 0 fully saturated rings. The molecule has 0 spiro atoms. The molecule has 1 N–H and O–H groups in total. The number of fused-ring (bicyclic) bond motifs is 2. The number of anilines is 2. The quantitative estimate of drug-likeness (QED) is 0.301. The number of carbonyl (C=O) groups is 1. The molecular formula is C32H41N7O4. The summed E-state index contributed by atoms with van der Waals surface area (Å²) in [6, 6.07) is 11.7. The van der Waals surface area contributed by atoms with Gasteiger partial charge in [-0.3, -0.25) is 4.79 Å². The summed E-state index contributed by atoms with van der Waals surface area (Å²) in [6.45, 7) is 15.2. The van der Waals surface area contributed by atoms with Crippen LogP contribution >= 0.6 is 0 Å². The number of nitrogens with zero attached hydrogens (tertiary/aromatic N) is 6. The molecule has 1 aromatic carbocycles. The molecule has 0 unspecified atom stereocenters. The molecule has 43 heavy (non-hydrogen) atoms. The predicted molar refractivity (Wildman–Crippen MR) is 166 cm³/mol. The van der Waals surface area contributed by atoms with Crippen LogP contribution < -0.4 is 10.9 Å². The van der Waals surface area contributed by atoms with Gasteiger partial charge in [-0.2, -0.15) is 4.98 Å². The van der Waals surface area contributed by atoms with E-state index in [4.69, 9.17) is 19.4 Å². The van der Waals surface area contributed by atoms with Crippen molar-refractivity contribution in [3.63, 3.8) is 0 Å². The van der Waals surface area contributed by atoms with E-state index in [0.717, 1.165) is 23.4 Å². The Morgan fingerprint density at radius 3 is 2.53 bits per heavy atom. The molecular weight excluding hydrogens is 546 g/mol. The third-order valence-corrected chi connectivity index (χ3v) is 7.39. The highest BCUT2D eigenvalue weighted by molar-refractivity contribution is 5.77. The van der Waals surface area contributed by atoms with Crippen molar-refractivity contribution in [1.29, 1.82) is 0 Å². The second kappa shape index (κ2) is 11.4. The van der Waals surface area contributed by atoms with Crippen molar-refractivity contribution in [2.75, 3.05) is 25.6 Å². The fourth-order valence-electron chi connectivity index (χ4n) is 5.35. The van der Waals surface area contributed by atoms with Crippen LogP contribution in [0.1, 0.15) is 71.3 Å². The Bertz CT molecular complexity index is 1720. The zero-order valence-electron chi connectivity index (χ0n) is 26.3. The molecule has 1 amide bonds. The molecule has 1 aliphatic rings. The van der Waals surface area contributed by atoms with Crippen LogP contribution in [-0.4, -0.2) is 61.2 Å². The number of amides is 1. The minimum absolute atomic E-state index is 0.149. The zero-order valence-corrected chi connectivity index (χ0v) is 26.3. The van der Waals surface area contributed by atoms with Gasteiger partial charge < -0.3 is 19.7 Å². The fourth-order valence-corrected chi connectivity index (χ4v) is 5.35. The second-order valence-corrected chi connectivity index (χ2v) is 12.9. The van der Waals surface area contributed by atoms with Gasteiger partial charge in [-0.25, -0.2) is 24.1 Å². The first-order valence-electron chi connectivity index (χ1n) is 14.6. The molecule has 0 bridgehead atoms. The van der Waals surface area contributed by atoms with E-state index in [9.17, 15) is 9.59 Å². The number of methoxy groups -OCH3 is 1. The molecule has 3 aromatic heterocycles. The highest BCUT2D eigenvalue weighted by atomic mass is 16.6. The molecule has 11 heteroatoms. The van der Waals surface area contributed by atoms with Crippen LogP contribution in [0.25, 0.3) is 16.9 Å². The summed E-state index contributed by atoms with van der Waals surface area (Å²) in [5.41, 5.74) is 3.24. The van der Waals surface area contributed by atoms with Crippen molar-refractivity contribution < 1.29 is 14.3 Å². The van der Waals surface area contributed by atoms with Crippen LogP contribution in [0.15, 0.2) is 47.4 Å². The number of rotatable bonds is 7. The van der Waals surface area contributed by atoms with Crippen molar-refractivity contribution in [3.05, 3.63) is 69.8 Å². The van der Waals surface area contributed by atoms with Crippen LogP contribution in [0.4, 0.5) is 16.4 Å². The van der Waals surface area contributed by atoms with Crippen molar-refractivity contribution in [2.45, 2.75) is 78.5 Å². The maximum atomic E-state index is 13.5. The van der Waals surface area contributed by atoms with E-state index >= 15 is 0 Å². The van der Waals surface area contributed by atoms with Crippen molar-refractivity contribution in [3.8, 4) is 5.82 Å². The smallest absolute Gasteiger partial charge is 0.410 e. The molecule has 4 heterocycles. The Balaban J connectivity index is 1.50. The van der Waals surface area contributed by atoms with Gasteiger partial charge >= 0.3 is 6.09 Å². The minimum atomic E-state index is -0.553. The number of carbonyl (C=O) groups excluding carboxylic acids is 1. The number of pyridine rings is 1. The van der Waals surface area contributed by atoms with E-state index in [-0.39, 0.29) is 23.1 Å². The second-order valence-electron chi connectivity index (χ2n) is 12.9. The molecule has 11 nitrogen and oxygen atoms in total. The first kappa shape index (κ1) is 30.2. The summed E-state index contributed by atoms with van der Waals surface area (Å²) in [7, 11) is 1.67. The van der Waals surface area contributed by atoms with Crippen LogP contribution in [0.3, 0.4) is 0 Å². The highest BCUT2D eigenvalue weighted by Crippen LogP contribution is 2.27. The standard InChI is InChI=1S/C32H41N7O4/c1-20(2)38-28(40)24-17-33-29(36-27(24)39(38)26-11-9-10-25(35-26)32(6,7)19-42-8)34-23-13-12-21-14-15-37(18-22(21)16-23)30(41)43-31(3,4)5/h9-13,16-17,20H,14-15,18-19H2,1-8H3,(H,33,34,36). The fraction of sp³-hybridized carbons (Fsp3) is 0.469. The van der Waals surface area contributed by atoms with Crippen molar-refractivity contribution >= 4 is 28.8 Å². The van der Waals surface area contributed by atoms with Gasteiger partial charge in [-0.15, -0.1) is 0 Å². The van der Waals surface area contributed by atoms with Gasteiger partial charge in [-0.1, -0.05) is 26.0 Å². The Hall–Kier alpha value is -4.25. The number of hydrogen-bond donors (Lipinski definition) is 1. The molecule has 228 valence electrons. The summed E-state index contributed by atoms with van der Waals surface area (Å²) in [5, 5.41) is 3.70. The summed E-state index contributed by atoms with van der Waals surface area (Å²) >= 11 is 0. The zero-order chi connectivity index (χ0) is 31.1. The van der Waals surface area contributed by atoms with E-state index < -0.39 is 5.60 Å². The molecule has 1 aliphatic heterocycles. The lowest BCUT2D eigenvalue weighted by molar-refractivity contribution is 0.0224. The number of benzene rings is 1. The average Bonchev–Trinajstić information content (AvgIpc) is 3.23. The van der Waals surface area contributed by atoms with E-state index in [1.807, 2.05) is 65.0 Å². The summed E-state index contributed by atoms with van der Waals surface area (Å²) in [6.07, 6.45) is 1.99. The first-order chi connectivity index (χ1) is 20.3. The third-order valence-electron chi connectivity index (χ3n) is 7.39. The normalized spacial score (nSPS) is 13.8. The molecule has 4 aromatic rings. The third kappa shape index (κ3) is 6.27. The Morgan fingerprint density at radius 1 is 1.07 bits per heavy atom. The topological polar surface area (TPSA) is 116 Å². The van der Waals surface area contributed by atoms with Gasteiger partial charge in [0.1, 0.15) is 11.0 Å². The van der Waals surface area contributed by atoms with Gasteiger partial charge in [0.25, 0.3) is 5.56 Å². The first-order valence-corrected chi connectivity index (χ1v) is 14.6. The summed E-state index contributed by atoms with van der Waals surface area (Å²) in [4.78, 5) is 42.1. The van der Waals surface area contributed by atoms with E-state index in [0.29, 0.717) is 42.5 Å². The highest BCUT2D eigenvalue weighted by Gasteiger charge is 2.27. The maximum Gasteiger partial charge on any atom is 0.410 e. The lowest BCUT2D eigenvalue weighted by atomic mass is 9.90. The van der Waals surface area contributed by atoms with Gasteiger partial charge in [-0.05, 0) is 76.4 Å². The van der Waals surface area contributed by atoms with Gasteiger partial charge in [0.15, 0.2) is 11.5 Å². The molecule has 0 aliphatic carbocycles. The summed E-state index contributed by atoms with van der Waals surface area (Å²) in [5.74, 6) is 0.931. The van der Waals surface area contributed by atoms with E-state index in [1.165, 1.54) is 5.56 Å². The number of nitrogens with one attached hydrogen (secondary N) is 1. The maximum absolute atomic E-state index is 13.5. The number of aromatic nitrogens is 5. The van der Waals surface area contributed by atoms with Gasteiger partial charge in [0.2, 0.25) is 5.95 Å². The summed E-state index contributed by atoms with van der Waals surface area (Å²) < 4.78 is 14.4. The van der Waals surface area contributed by atoms with E-state index in [2.05, 4.69) is 30.2 Å². The minimum Gasteiger partial charge on any atom is -0.444 e. The van der Waals surface area contributed by atoms with Gasteiger partial charge in [0, 0.05) is 43.5 Å². The Kier molecular flexibility index (Phi) is 8.04. The average molecular weight is 588 g/mol. The number of ether oxygens (including phenoxy) is 2. The van der Waals surface area contributed by atoms with Crippen molar-refractivity contribution in [2.24, 2.45) is 0 Å². The van der Waals surface area contributed by atoms with Crippen LogP contribution in [0.5, 0.6) is 0 Å².